The fourth-order valence-electron chi connectivity index (χ4n) is 4.77. The van der Waals surface area contributed by atoms with Gasteiger partial charge in [0.1, 0.15) is 18.2 Å². The van der Waals surface area contributed by atoms with E-state index in [0.717, 1.165) is 12.1 Å². The predicted octanol–water partition coefficient (Wildman–Crippen LogP) is 7.61. The highest BCUT2D eigenvalue weighted by Crippen LogP contribution is 2.39. The van der Waals surface area contributed by atoms with Crippen LogP contribution in [0, 0.1) is 11.6 Å². The van der Waals surface area contributed by atoms with Crippen LogP contribution in [-0.2, 0) is 34.1 Å². The molecule has 0 aliphatic heterocycles. The molecule has 0 fully saturated rings. The smallest absolute Gasteiger partial charge is 0.416 e. The average Bonchev–Trinajstić information content (AvgIpc) is 2.95. The normalized spacial score (nSPS) is 13.2. The van der Waals surface area contributed by atoms with Gasteiger partial charge in [0.25, 0.3) is 0 Å². The minimum absolute atomic E-state index is 0.00759. The first-order chi connectivity index (χ1) is 20.6. The number of rotatable bonds is 12. The topological polar surface area (TPSA) is 67.4 Å². The van der Waals surface area contributed by atoms with Crippen molar-refractivity contribution in [3.63, 3.8) is 0 Å². The van der Waals surface area contributed by atoms with E-state index in [1.54, 1.807) is 35.6 Å². The van der Waals surface area contributed by atoms with Crippen LogP contribution in [0.4, 0.5) is 39.9 Å². The molecule has 13 heteroatoms. The molecule has 1 atom stereocenters. The number of esters is 1. The minimum Gasteiger partial charge on any atom is -0.469 e. The Balaban J connectivity index is 2.17. The number of unbranched alkanes of at least 4 members (excludes halogenated alkanes) is 2. The second-order valence-corrected chi connectivity index (χ2v) is 10.2. The summed E-state index contributed by atoms with van der Waals surface area (Å²) in [6.45, 7) is -1.75. The number of carbonyl (C=O) groups is 2. The lowest BCUT2D eigenvalue weighted by molar-refractivity contribution is -0.141. The first-order valence-electron chi connectivity index (χ1n) is 13.5. The molecule has 5 nitrogen and oxygen atoms in total. The van der Waals surface area contributed by atoms with Crippen molar-refractivity contribution in [2.24, 2.45) is 0 Å². The lowest BCUT2D eigenvalue weighted by Crippen LogP contribution is -2.53. The number of benzene rings is 3. The molecule has 3 aromatic rings. The molecule has 0 heterocycles. The van der Waals surface area contributed by atoms with E-state index in [-0.39, 0.29) is 36.5 Å². The standard InChI is InChI=1S/C31H30F8N2O3/c1-44-27(42)11-7-3-6-10-21-14-22(12-13-26(21)33)29(18-20-8-4-2-5-9-20,41-28(43)40-19-30(34,35)36)23-15-24(31(37,38)39)17-25(32)16-23/h2,4-5,8-9,12-17H,3,6-7,10-11,18-19H2,1H3,(H2,40,41,43). The van der Waals surface area contributed by atoms with Gasteiger partial charge in [0.15, 0.2) is 0 Å². The van der Waals surface area contributed by atoms with Gasteiger partial charge in [-0.15, -0.1) is 0 Å². The first kappa shape index (κ1) is 34.3. The van der Waals surface area contributed by atoms with E-state index in [1.807, 2.05) is 0 Å². The largest absolute Gasteiger partial charge is 0.469 e. The quantitative estimate of drug-likeness (QED) is 0.123. The number of amides is 2. The predicted molar refractivity (Wildman–Crippen MR) is 146 cm³/mol. The molecule has 0 spiro atoms. The van der Waals surface area contributed by atoms with Gasteiger partial charge < -0.3 is 15.4 Å². The summed E-state index contributed by atoms with van der Waals surface area (Å²) in [5.41, 5.74) is -3.37. The van der Waals surface area contributed by atoms with E-state index >= 15 is 0 Å². The van der Waals surface area contributed by atoms with Crippen molar-refractivity contribution < 1.29 is 49.4 Å². The van der Waals surface area contributed by atoms with E-state index in [0.29, 0.717) is 30.9 Å². The van der Waals surface area contributed by atoms with Crippen LogP contribution in [-0.4, -0.2) is 31.8 Å². The number of carbonyl (C=O) groups excluding carboxylic acids is 2. The number of methoxy groups -OCH3 is 1. The maximum Gasteiger partial charge on any atom is 0.416 e. The zero-order valence-electron chi connectivity index (χ0n) is 23.5. The van der Waals surface area contributed by atoms with E-state index in [9.17, 15) is 44.7 Å². The zero-order chi connectivity index (χ0) is 32.5. The third-order valence-corrected chi connectivity index (χ3v) is 6.90. The Morgan fingerprint density at radius 2 is 1.48 bits per heavy atom. The van der Waals surface area contributed by atoms with Crippen molar-refractivity contribution >= 4 is 12.0 Å². The highest BCUT2D eigenvalue weighted by Gasteiger charge is 2.41. The third kappa shape index (κ3) is 9.68. The van der Waals surface area contributed by atoms with Crippen LogP contribution in [0.3, 0.4) is 0 Å². The van der Waals surface area contributed by atoms with Gasteiger partial charge in [-0.25, -0.2) is 13.6 Å². The van der Waals surface area contributed by atoms with Crippen LogP contribution in [0.15, 0.2) is 66.7 Å². The van der Waals surface area contributed by atoms with Gasteiger partial charge in [0.2, 0.25) is 0 Å². The van der Waals surface area contributed by atoms with Crippen LogP contribution in [0.25, 0.3) is 0 Å². The Labute approximate surface area is 248 Å². The average molecular weight is 631 g/mol. The fraction of sp³-hybridized carbons (Fsp3) is 0.355. The summed E-state index contributed by atoms with van der Waals surface area (Å²) in [5.74, 6) is -2.39. The molecule has 238 valence electrons. The van der Waals surface area contributed by atoms with Crippen LogP contribution in [0.2, 0.25) is 0 Å². The lowest BCUT2D eigenvalue weighted by atomic mass is 9.76. The van der Waals surface area contributed by atoms with Gasteiger partial charge in [-0.3, -0.25) is 4.79 Å². The van der Waals surface area contributed by atoms with Gasteiger partial charge in [-0.05, 0) is 65.8 Å². The molecule has 44 heavy (non-hydrogen) atoms. The van der Waals surface area contributed by atoms with Crippen molar-refractivity contribution in [2.45, 2.75) is 56.4 Å². The molecule has 0 radical (unpaired) electrons. The Morgan fingerprint density at radius 1 is 0.795 bits per heavy atom. The first-order valence-corrected chi connectivity index (χ1v) is 13.5. The minimum atomic E-state index is -5.01. The van der Waals surface area contributed by atoms with Crippen LogP contribution in [0.1, 0.15) is 53.5 Å². The van der Waals surface area contributed by atoms with E-state index in [1.165, 1.54) is 19.2 Å². The molecule has 2 amide bonds. The Morgan fingerprint density at radius 3 is 2.11 bits per heavy atom. The van der Waals surface area contributed by atoms with E-state index < -0.39 is 59.2 Å². The molecule has 0 saturated carbocycles. The molecule has 0 aromatic heterocycles. The van der Waals surface area contributed by atoms with Gasteiger partial charge in [-0.1, -0.05) is 48.9 Å². The number of hydrogen-bond acceptors (Lipinski definition) is 3. The third-order valence-electron chi connectivity index (χ3n) is 6.90. The second-order valence-electron chi connectivity index (χ2n) is 10.2. The highest BCUT2D eigenvalue weighted by atomic mass is 19.4. The molecule has 1 unspecified atom stereocenters. The Kier molecular flexibility index (Phi) is 11.3. The van der Waals surface area contributed by atoms with Crippen molar-refractivity contribution in [1.82, 2.24) is 10.6 Å². The van der Waals surface area contributed by atoms with Gasteiger partial charge >= 0.3 is 24.4 Å². The van der Waals surface area contributed by atoms with Gasteiger partial charge in [0, 0.05) is 12.8 Å². The molecule has 3 rings (SSSR count). The molecule has 0 aliphatic carbocycles. The summed E-state index contributed by atoms with van der Waals surface area (Å²) >= 11 is 0. The number of ether oxygens (including phenoxy) is 1. The number of halogens is 8. The van der Waals surface area contributed by atoms with Crippen molar-refractivity contribution in [3.05, 3.63) is 106 Å². The molecular formula is C31H30F8N2O3. The van der Waals surface area contributed by atoms with Crippen LogP contribution < -0.4 is 10.6 Å². The van der Waals surface area contributed by atoms with E-state index in [4.69, 9.17) is 0 Å². The summed E-state index contributed by atoms with van der Waals surface area (Å²) in [5, 5.41) is 4.02. The van der Waals surface area contributed by atoms with Crippen molar-refractivity contribution in [2.75, 3.05) is 13.7 Å². The maximum atomic E-state index is 15.0. The summed E-state index contributed by atoms with van der Waals surface area (Å²) in [6, 6.07) is 11.7. The summed E-state index contributed by atoms with van der Waals surface area (Å²) in [6.07, 6.45) is -8.51. The Hall–Kier alpha value is -4.16. The molecule has 0 saturated heterocycles. The van der Waals surface area contributed by atoms with Crippen molar-refractivity contribution in [3.8, 4) is 0 Å². The maximum absolute atomic E-state index is 15.0. The second kappa shape index (κ2) is 14.5. The van der Waals surface area contributed by atoms with E-state index in [2.05, 4.69) is 10.1 Å². The number of urea groups is 1. The van der Waals surface area contributed by atoms with Crippen molar-refractivity contribution in [1.29, 1.82) is 0 Å². The number of alkyl halides is 6. The highest BCUT2D eigenvalue weighted by molar-refractivity contribution is 5.76. The number of aryl methyl sites for hydroxylation is 1. The molecule has 0 aliphatic rings. The zero-order valence-corrected chi connectivity index (χ0v) is 23.5. The summed E-state index contributed by atoms with van der Waals surface area (Å²) in [7, 11) is 1.25. The van der Waals surface area contributed by atoms with Gasteiger partial charge in [0.05, 0.1) is 18.2 Å². The summed E-state index contributed by atoms with van der Waals surface area (Å²) in [4.78, 5) is 24.3. The van der Waals surface area contributed by atoms with Crippen LogP contribution in [0.5, 0.6) is 0 Å². The molecule has 3 aromatic carbocycles. The number of nitrogens with one attached hydrogen (secondary N) is 2. The molecule has 0 bridgehead atoms. The molecule has 2 N–H and O–H groups in total. The summed E-state index contributed by atoms with van der Waals surface area (Å²) < 4.78 is 115. The lowest BCUT2D eigenvalue weighted by Gasteiger charge is -2.37. The van der Waals surface area contributed by atoms with Crippen LogP contribution >= 0.6 is 0 Å². The monoisotopic (exact) mass is 630 g/mol. The Bertz CT molecular complexity index is 1430. The SMILES string of the molecule is COC(=O)CCCCCc1cc(C(Cc2ccccc2)(NC(=O)NCC(F)(F)F)c2cc(F)cc(C(F)(F)F)c2)ccc1F. The van der Waals surface area contributed by atoms with Gasteiger partial charge in [-0.2, -0.15) is 26.3 Å². The fourth-order valence-corrected chi connectivity index (χ4v) is 4.77. The number of hydrogen-bond donors (Lipinski definition) is 2. The molecular weight excluding hydrogens is 600 g/mol.